The van der Waals surface area contributed by atoms with Gasteiger partial charge in [-0.25, -0.2) is 0 Å². The Morgan fingerprint density at radius 1 is 1.15 bits per heavy atom. The summed E-state index contributed by atoms with van der Waals surface area (Å²) in [7, 11) is 0. The van der Waals surface area contributed by atoms with Crippen LogP contribution < -0.4 is 5.32 Å². The summed E-state index contributed by atoms with van der Waals surface area (Å²) >= 11 is 0. The van der Waals surface area contributed by atoms with Crippen LogP contribution in [0.2, 0.25) is 0 Å². The highest BCUT2D eigenvalue weighted by atomic mass is 16.2. The van der Waals surface area contributed by atoms with Crippen molar-refractivity contribution >= 4 is 28.4 Å². The van der Waals surface area contributed by atoms with E-state index in [-0.39, 0.29) is 11.8 Å². The molecule has 1 aromatic heterocycles. The molecule has 140 valence electrons. The molecule has 0 radical (unpaired) electrons. The van der Waals surface area contributed by atoms with Gasteiger partial charge in [-0.15, -0.1) is 0 Å². The number of hydrogen-bond donors (Lipinski definition) is 2. The second-order valence-electron chi connectivity index (χ2n) is 7.17. The number of H-pyrrole nitrogens is 1. The van der Waals surface area contributed by atoms with Gasteiger partial charge in [-0.3, -0.25) is 9.59 Å². The van der Waals surface area contributed by atoms with Crippen LogP contribution in [0.4, 0.5) is 5.69 Å². The number of hydrogen-bond acceptors (Lipinski definition) is 2. The fourth-order valence-corrected chi connectivity index (χ4v) is 3.58. The summed E-state index contributed by atoms with van der Waals surface area (Å²) in [6.07, 6.45) is 9.13. The lowest BCUT2D eigenvalue weighted by Gasteiger charge is -2.14. The zero-order valence-corrected chi connectivity index (χ0v) is 15.6. The van der Waals surface area contributed by atoms with Gasteiger partial charge >= 0.3 is 0 Å². The number of rotatable bonds is 8. The number of amides is 2. The van der Waals surface area contributed by atoms with Crippen LogP contribution in [-0.2, 0) is 16.0 Å². The highest BCUT2D eigenvalue weighted by Crippen LogP contribution is 2.24. The molecule has 0 atom stereocenters. The summed E-state index contributed by atoms with van der Waals surface area (Å²) in [5.41, 5.74) is 3.11. The van der Waals surface area contributed by atoms with Crippen LogP contribution in [0.25, 0.3) is 10.9 Å². The van der Waals surface area contributed by atoms with Crippen molar-refractivity contribution in [2.75, 3.05) is 18.4 Å². The third kappa shape index (κ3) is 4.65. The molecule has 2 heterocycles. The Kier molecular flexibility index (Phi) is 6.31. The third-order valence-corrected chi connectivity index (χ3v) is 5.10. The van der Waals surface area contributed by atoms with Gasteiger partial charge in [0, 0.05) is 48.7 Å². The van der Waals surface area contributed by atoms with Gasteiger partial charge in [-0.1, -0.05) is 13.3 Å². The molecule has 1 saturated heterocycles. The Hall–Kier alpha value is -2.30. The second-order valence-corrected chi connectivity index (χ2v) is 7.17. The fourth-order valence-electron chi connectivity index (χ4n) is 3.58. The minimum Gasteiger partial charge on any atom is -0.361 e. The zero-order valence-electron chi connectivity index (χ0n) is 15.6. The Labute approximate surface area is 155 Å². The molecule has 3 rings (SSSR count). The molecular weight excluding hydrogens is 326 g/mol. The number of unbranched alkanes of at least 4 members (excludes halogenated alkanes) is 1. The standard InChI is InChI=1S/C21H29N3O2/c1-2-3-8-20(25)23-17-10-11-19-18(14-17)16(15-22-19)7-6-9-21(26)24-12-4-5-13-24/h10-11,14-15,22H,2-9,12-13H2,1H3,(H,23,25). The molecule has 0 spiro atoms. The van der Waals surface area contributed by atoms with E-state index in [1.165, 1.54) is 5.56 Å². The van der Waals surface area contributed by atoms with E-state index < -0.39 is 0 Å². The summed E-state index contributed by atoms with van der Waals surface area (Å²) in [6, 6.07) is 5.97. The van der Waals surface area contributed by atoms with Crippen molar-refractivity contribution in [1.29, 1.82) is 0 Å². The fraction of sp³-hybridized carbons (Fsp3) is 0.524. The van der Waals surface area contributed by atoms with Gasteiger partial charge in [-0.05, 0) is 55.9 Å². The maximum absolute atomic E-state index is 12.2. The lowest BCUT2D eigenvalue weighted by molar-refractivity contribution is -0.130. The zero-order chi connectivity index (χ0) is 18.4. The molecule has 2 aromatic rings. The SMILES string of the molecule is CCCCC(=O)Nc1ccc2[nH]cc(CCCC(=O)N3CCCC3)c2c1. The van der Waals surface area contributed by atoms with E-state index >= 15 is 0 Å². The molecule has 2 N–H and O–H groups in total. The molecule has 1 aliphatic heterocycles. The molecule has 1 fully saturated rings. The summed E-state index contributed by atoms with van der Waals surface area (Å²) in [4.78, 5) is 29.4. The number of carbonyl (C=O) groups excluding carboxylic acids is 2. The van der Waals surface area contributed by atoms with Crippen LogP contribution in [0, 0.1) is 0 Å². The van der Waals surface area contributed by atoms with Crippen molar-refractivity contribution in [3.05, 3.63) is 30.0 Å². The normalized spacial score (nSPS) is 14.1. The number of aromatic nitrogens is 1. The molecule has 26 heavy (non-hydrogen) atoms. The maximum Gasteiger partial charge on any atom is 0.224 e. The van der Waals surface area contributed by atoms with Crippen LogP contribution >= 0.6 is 0 Å². The molecule has 0 unspecified atom stereocenters. The number of nitrogens with zero attached hydrogens (tertiary/aromatic N) is 1. The second kappa shape index (κ2) is 8.88. The van der Waals surface area contributed by atoms with Gasteiger partial charge in [0.25, 0.3) is 0 Å². The monoisotopic (exact) mass is 355 g/mol. The minimum absolute atomic E-state index is 0.0690. The lowest BCUT2D eigenvalue weighted by atomic mass is 10.1. The van der Waals surface area contributed by atoms with Gasteiger partial charge in [0.1, 0.15) is 0 Å². The Morgan fingerprint density at radius 3 is 2.73 bits per heavy atom. The molecule has 1 aromatic carbocycles. The molecule has 0 bridgehead atoms. The predicted octanol–water partition coefficient (Wildman–Crippen LogP) is 4.24. The van der Waals surface area contributed by atoms with Crippen molar-refractivity contribution in [2.24, 2.45) is 0 Å². The number of anilines is 1. The molecule has 0 saturated carbocycles. The van der Waals surface area contributed by atoms with E-state index in [2.05, 4.69) is 17.2 Å². The van der Waals surface area contributed by atoms with E-state index in [4.69, 9.17) is 0 Å². The van der Waals surface area contributed by atoms with Crippen LogP contribution in [0.15, 0.2) is 24.4 Å². The molecule has 5 nitrogen and oxygen atoms in total. The number of likely N-dealkylation sites (tertiary alicyclic amines) is 1. The average molecular weight is 355 g/mol. The first-order valence-electron chi connectivity index (χ1n) is 9.85. The summed E-state index contributed by atoms with van der Waals surface area (Å²) < 4.78 is 0. The van der Waals surface area contributed by atoms with E-state index in [9.17, 15) is 9.59 Å². The van der Waals surface area contributed by atoms with Gasteiger partial charge in [0.15, 0.2) is 0 Å². The van der Waals surface area contributed by atoms with Crippen molar-refractivity contribution in [2.45, 2.75) is 58.3 Å². The van der Waals surface area contributed by atoms with Gasteiger partial charge in [0.05, 0.1) is 0 Å². The van der Waals surface area contributed by atoms with Crippen molar-refractivity contribution < 1.29 is 9.59 Å². The number of nitrogens with one attached hydrogen (secondary N) is 2. The topological polar surface area (TPSA) is 65.2 Å². The highest BCUT2D eigenvalue weighted by molar-refractivity contribution is 5.94. The Morgan fingerprint density at radius 2 is 1.96 bits per heavy atom. The van der Waals surface area contributed by atoms with Gasteiger partial charge in [-0.2, -0.15) is 0 Å². The Balaban J connectivity index is 1.58. The number of benzene rings is 1. The number of carbonyl (C=O) groups is 2. The van der Waals surface area contributed by atoms with E-state index in [1.54, 1.807) is 0 Å². The van der Waals surface area contributed by atoms with E-state index in [1.807, 2.05) is 29.3 Å². The van der Waals surface area contributed by atoms with Crippen LogP contribution in [0.3, 0.4) is 0 Å². The number of aromatic amines is 1. The lowest BCUT2D eigenvalue weighted by Crippen LogP contribution is -2.27. The van der Waals surface area contributed by atoms with Crippen molar-refractivity contribution in [3.8, 4) is 0 Å². The quantitative estimate of drug-likeness (QED) is 0.744. The predicted molar refractivity (Wildman–Crippen MR) is 105 cm³/mol. The first-order chi connectivity index (χ1) is 12.7. The maximum atomic E-state index is 12.2. The van der Waals surface area contributed by atoms with Crippen molar-refractivity contribution in [1.82, 2.24) is 9.88 Å². The van der Waals surface area contributed by atoms with Gasteiger partial charge < -0.3 is 15.2 Å². The molecule has 0 aliphatic carbocycles. The first-order valence-corrected chi connectivity index (χ1v) is 9.85. The third-order valence-electron chi connectivity index (χ3n) is 5.10. The van der Waals surface area contributed by atoms with Crippen molar-refractivity contribution in [3.63, 3.8) is 0 Å². The summed E-state index contributed by atoms with van der Waals surface area (Å²) in [5, 5.41) is 4.12. The molecular formula is C21H29N3O2. The largest absolute Gasteiger partial charge is 0.361 e. The summed E-state index contributed by atoms with van der Waals surface area (Å²) in [6.45, 7) is 3.93. The van der Waals surface area contributed by atoms with Crippen LogP contribution in [0.1, 0.15) is 57.4 Å². The minimum atomic E-state index is 0.0690. The first kappa shape index (κ1) is 18.5. The number of aryl methyl sites for hydroxylation is 1. The molecule has 5 heteroatoms. The smallest absolute Gasteiger partial charge is 0.224 e. The highest BCUT2D eigenvalue weighted by Gasteiger charge is 2.17. The average Bonchev–Trinajstić information content (AvgIpc) is 3.30. The summed E-state index contributed by atoms with van der Waals surface area (Å²) in [5.74, 6) is 0.353. The van der Waals surface area contributed by atoms with E-state index in [0.29, 0.717) is 12.8 Å². The van der Waals surface area contributed by atoms with Crippen LogP contribution in [-0.4, -0.2) is 34.8 Å². The molecule has 2 amide bonds. The molecule has 1 aliphatic rings. The van der Waals surface area contributed by atoms with E-state index in [0.717, 1.165) is 68.2 Å². The van der Waals surface area contributed by atoms with Crippen LogP contribution in [0.5, 0.6) is 0 Å². The number of fused-ring (bicyclic) bond motifs is 1. The van der Waals surface area contributed by atoms with Gasteiger partial charge in [0.2, 0.25) is 11.8 Å². The Bertz CT molecular complexity index is 760.